The van der Waals surface area contributed by atoms with E-state index in [1.807, 2.05) is 19.9 Å². The highest BCUT2D eigenvalue weighted by molar-refractivity contribution is 5.18. The summed E-state index contributed by atoms with van der Waals surface area (Å²) in [6.07, 6.45) is 6.10. The largest absolute Gasteiger partial charge is 0.197 e. The third kappa shape index (κ3) is 1.76. The lowest BCUT2D eigenvalue weighted by Gasteiger charge is -2.28. The summed E-state index contributed by atoms with van der Waals surface area (Å²) in [4.78, 5) is 0. The van der Waals surface area contributed by atoms with Gasteiger partial charge in [-0.25, -0.2) is 0 Å². The first-order chi connectivity index (χ1) is 5.57. The van der Waals surface area contributed by atoms with Crippen LogP contribution in [0.1, 0.15) is 26.7 Å². The number of rotatable bonds is 1. The average Bonchev–Trinajstić information content (AvgIpc) is 2.05. The predicted molar refractivity (Wildman–Crippen MR) is 50.4 cm³/mol. The minimum Gasteiger partial charge on any atom is -0.197 e. The van der Waals surface area contributed by atoms with E-state index in [9.17, 15) is 0 Å². The van der Waals surface area contributed by atoms with Crippen LogP contribution >= 0.6 is 0 Å². The van der Waals surface area contributed by atoms with Crippen LogP contribution in [0.3, 0.4) is 0 Å². The maximum Gasteiger partial charge on any atom is 0.0731 e. The molecule has 0 aromatic carbocycles. The number of nitrogens with zero attached hydrogens (tertiary/aromatic N) is 1. The van der Waals surface area contributed by atoms with Gasteiger partial charge in [0.25, 0.3) is 0 Å². The van der Waals surface area contributed by atoms with Gasteiger partial charge in [-0.2, -0.15) is 5.26 Å². The number of hydrogen-bond acceptors (Lipinski definition) is 1. The molecule has 1 aliphatic rings. The average molecular weight is 161 g/mol. The Labute approximate surface area is 74.4 Å². The molecule has 0 heterocycles. The van der Waals surface area contributed by atoms with Crippen LogP contribution in [0.4, 0.5) is 0 Å². The molecule has 0 aromatic heterocycles. The van der Waals surface area contributed by atoms with Gasteiger partial charge in [0, 0.05) is 0 Å². The summed E-state index contributed by atoms with van der Waals surface area (Å²) in [5.41, 5.74) is 0.933. The molecule has 12 heavy (non-hydrogen) atoms. The molecule has 0 saturated heterocycles. The molecule has 0 spiro atoms. The zero-order valence-electron chi connectivity index (χ0n) is 7.80. The molecule has 2 unspecified atom stereocenters. The molecular formula is C11H15N. The Hall–Kier alpha value is -1.03. The van der Waals surface area contributed by atoms with E-state index >= 15 is 0 Å². The van der Waals surface area contributed by atoms with Crippen LogP contribution in [0.2, 0.25) is 0 Å². The molecule has 0 aromatic rings. The van der Waals surface area contributed by atoms with Gasteiger partial charge in [0.2, 0.25) is 0 Å². The van der Waals surface area contributed by atoms with Crippen molar-refractivity contribution in [3.05, 3.63) is 24.3 Å². The standard InChI is InChI=1S/C11H15N/c1-9(2)10-5-4-6-11(3,7-10)8-12/h4,6,10H,1,5,7H2,2-3H3. The normalized spacial score (nSPS) is 34.2. The van der Waals surface area contributed by atoms with Crippen molar-refractivity contribution >= 4 is 0 Å². The van der Waals surface area contributed by atoms with Crippen LogP contribution in [0, 0.1) is 22.7 Å². The van der Waals surface area contributed by atoms with Crippen molar-refractivity contribution in [3.8, 4) is 6.07 Å². The lowest BCUT2D eigenvalue weighted by molar-refractivity contribution is 0.393. The highest BCUT2D eigenvalue weighted by atomic mass is 14.4. The van der Waals surface area contributed by atoms with E-state index in [1.165, 1.54) is 5.57 Å². The Balaban J connectivity index is 2.77. The maximum atomic E-state index is 8.92. The van der Waals surface area contributed by atoms with Crippen LogP contribution in [0.25, 0.3) is 0 Å². The second-order valence-corrected chi connectivity index (χ2v) is 3.91. The molecule has 0 saturated carbocycles. The molecule has 0 bridgehead atoms. The molecule has 0 radical (unpaired) electrons. The molecule has 2 atom stereocenters. The van der Waals surface area contributed by atoms with E-state index in [4.69, 9.17) is 5.26 Å². The zero-order valence-corrected chi connectivity index (χ0v) is 7.80. The van der Waals surface area contributed by atoms with Crippen LogP contribution in [0.15, 0.2) is 24.3 Å². The number of nitriles is 1. The Bertz CT molecular complexity index is 257. The van der Waals surface area contributed by atoms with Crippen molar-refractivity contribution in [3.63, 3.8) is 0 Å². The van der Waals surface area contributed by atoms with E-state index < -0.39 is 0 Å². The highest BCUT2D eigenvalue weighted by Crippen LogP contribution is 2.36. The first kappa shape index (κ1) is 9.06. The van der Waals surface area contributed by atoms with Gasteiger partial charge in [-0.1, -0.05) is 24.3 Å². The number of hydrogen-bond donors (Lipinski definition) is 0. The van der Waals surface area contributed by atoms with Crippen molar-refractivity contribution in [2.45, 2.75) is 26.7 Å². The van der Waals surface area contributed by atoms with E-state index in [0.717, 1.165) is 12.8 Å². The van der Waals surface area contributed by atoms with E-state index in [0.29, 0.717) is 5.92 Å². The smallest absolute Gasteiger partial charge is 0.0731 e. The van der Waals surface area contributed by atoms with Crippen LogP contribution in [-0.2, 0) is 0 Å². The second-order valence-electron chi connectivity index (χ2n) is 3.91. The minimum atomic E-state index is -0.262. The van der Waals surface area contributed by atoms with Crippen molar-refractivity contribution in [2.75, 3.05) is 0 Å². The predicted octanol–water partition coefficient (Wildman–Crippen LogP) is 3.06. The molecular weight excluding hydrogens is 146 g/mol. The SMILES string of the molecule is C=C(C)C1CC=CC(C)(C#N)C1. The van der Waals surface area contributed by atoms with E-state index in [-0.39, 0.29) is 5.41 Å². The number of allylic oxidation sites excluding steroid dienone is 3. The topological polar surface area (TPSA) is 23.8 Å². The Morgan fingerprint density at radius 3 is 2.92 bits per heavy atom. The van der Waals surface area contributed by atoms with Crippen molar-refractivity contribution in [2.24, 2.45) is 11.3 Å². The van der Waals surface area contributed by atoms with Gasteiger partial charge >= 0.3 is 0 Å². The summed E-state index contributed by atoms with van der Waals surface area (Å²) in [6.45, 7) is 7.96. The highest BCUT2D eigenvalue weighted by Gasteiger charge is 2.28. The van der Waals surface area contributed by atoms with Gasteiger partial charge in [0.05, 0.1) is 11.5 Å². The molecule has 0 fully saturated rings. The van der Waals surface area contributed by atoms with Crippen LogP contribution in [-0.4, -0.2) is 0 Å². The molecule has 1 heteroatoms. The monoisotopic (exact) mass is 161 g/mol. The Morgan fingerprint density at radius 1 is 1.75 bits per heavy atom. The first-order valence-electron chi connectivity index (χ1n) is 4.32. The summed E-state index contributed by atoms with van der Waals surface area (Å²) < 4.78 is 0. The molecule has 0 N–H and O–H groups in total. The summed E-state index contributed by atoms with van der Waals surface area (Å²) in [5, 5.41) is 8.92. The fourth-order valence-electron chi connectivity index (χ4n) is 1.61. The van der Waals surface area contributed by atoms with Crippen molar-refractivity contribution in [1.29, 1.82) is 5.26 Å². The first-order valence-corrected chi connectivity index (χ1v) is 4.32. The van der Waals surface area contributed by atoms with Gasteiger partial charge in [-0.15, -0.1) is 0 Å². The fourth-order valence-corrected chi connectivity index (χ4v) is 1.61. The Kier molecular flexibility index (Phi) is 2.38. The third-order valence-electron chi connectivity index (χ3n) is 2.53. The summed E-state index contributed by atoms with van der Waals surface area (Å²) in [7, 11) is 0. The third-order valence-corrected chi connectivity index (χ3v) is 2.53. The maximum absolute atomic E-state index is 8.92. The fraction of sp³-hybridized carbons (Fsp3) is 0.545. The summed E-state index contributed by atoms with van der Waals surface area (Å²) in [5.74, 6) is 0.500. The Morgan fingerprint density at radius 2 is 2.42 bits per heavy atom. The van der Waals surface area contributed by atoms with Crippen molar-refractivity contribution < 1.29 is 0 Å². The zero-order chi connectivity index (χ0) is 9.19. The van der Waals surface area contributed by atoms with Crippen LogP contribution in [0.5, 0.6) is 0 Å². The van der Waals surface area contributed by atoms with Crippen LogP contribution < -0.4 is 0 Å². The van der Waals surface area contributed by atoms with Gasteiger partial charge in [0.1, 0.15) is 0 Å². The van der Waals surface area contributed by atoms with E-state index in [1.54, 1.807) is 0 Å². The summed E-state index contributed by atoms with van der Waals surface area (Å²) >= 11 is 0. The minimum absolute atomic E-state index is 0.262. The lowest BCUT2D eigenvalue weighted by atomic mass is 9.74. The van der Waals surface area contributed by atoms with Crippen molar-refractivity contribution in [1.82, 2.24) is 0 Å². The molecule has 0 amide bonds. The van der Waals surface area contributed by atoms with E-state index in [2.05, 4.69) is 18.7 Å². The molecule has 64 valence electrons. The summed E-state index contributed by atoms with van der Waals surface area (Å²) in [6, 6.07) is 2.34. The molecule has 1 aliphatic carbocycles. The van der Waals surface area contributed by atoms with Gasteiger partial charge in [-0.3, -0.25) is 0 Å². The molecule has 1 rings (SSSR count). The molecule has 1 nitrogen and oxygen atoms in total. The van der Waals surface area contributed by atoms with Gasteiger partial charge in [0.15, 0.2) is 0 Å². The van der Waals surface area contributed by atoms with Gasteiger partial charge in [-0.05, 0) is 32.6 Å². The second kappa shape index (κ2) is 3.15. The van der Waals surface area contributed by atoms with Gasteiger partial charge < -0.3 is 0 Å². The lowest BCUT2D eigenvalue weighted by Crippen LogP contribution is -2.20. The quantitative estimate of drug-likeness (QED) is 0.542. The molecule has 0 aliphatic heterocycles.